The number of benzene rings is 3. The van der Waals surface area contributed by atoms with E-state index in [0.29, 0.717) is 17.2 Å². The largest absolute Gasteiger partial charge is 0.497 e. The van der Waals surface area contributed by atoms with Crippen LogP contribution in [0.4, 0.5) is 5.69 Å². The number of aryl methyl sites for hydroxylation is 1. The van der Waals surface area contributed by atoms with Crippen LogP contribution in [0, 0.1) is 6.92 Å². The standard InChI is InChI=1S/C31H38ClN3O5S/c1-7-28(30(37)33-31(3,4)5)34(20-23-13-15-26(40-6)16-14-23)29(36)21-35(25-10-8-9-24(32)19-25)41(38,39)27-17-11-22(2)12-18-27/h8-19,28H,7,20-21H2,1-6H3,(H,33,37). The van der Waals surface area contributed by atoms with Crippen molar-refractivity contribution < 1.29 is 22.7 Å². The van der Waals surface area contributed by atoms with Gasteiger partial charge in [-0.1, -0.05) is 54.4 Å². The Labute approximate surface area is 248 Å². The molecule has 0 fully saturated rings. The van der Waals surface area contributed by atoms with E-state index in [1.807, 2.05) is 46.8 Å². The Balaban J connectivity index is 2.07. The molecule has 0 aliphatic carbocycles. The fourth-order valence-corrected chi connectivity index (χ4v) is 5.89. The maximum atomic E-state index is 14.1. The number of carbonyl (C=O) groups is 2. The molecular weight excluding hydrogens is 562 g/mol. The lowest BCUT2D eigenvalue weighted by Crippen LogP contribution is -2.55. The van der Waals surface area contributed by atoms with Crippen molar-refractivity contribution in [1.82, 2.24) is 10.2 Å². The van der Waals surface area contributed by atoms with E-state index in [9.17, 15) is 18.0 Å². The van der Waals surface area contributed by atoms with Crippen molar-refractivity contribution in [2.75, 3.05) is 18.0 Å². The lowest BCUT2D eigenvalue weighted by atomic mass is 10.1. The second kappa shape index (κ2) is 13.4. The number of rotatable bonds is 11. The van der Waals surface area contributed by atoms with Crippen LogP contribution in [0.5, 0.6) is 5.75 Å². The molecule has 220 valence electrons. The summed E-state index contributed by atoms with van der Waals surface area (Å²) in [5.41, 5.74) is 1.37. The Bertz CT molecular complexity index is 1450. The molecule has 10 heteroatoms. The summed E-state index contributed by atoms with van der Waals surface area (Å²) in [6.45, 7) is 8.82. The molecule has 1 N–H and O–H groups in total. The molecule has 41 heavy (non-hydrogen) atoms. The maximum absolute atomic E-state index is 14.1. The SMILES string of the molecule is CCC(C(=O)NC(C)(C)C)N(Cc1ccc(OC)cc1)C(=O)CN(c1cccc(Cl)c1)S(=O)(=O)c1ccc(C)cc1. The van der Waals surface area contributed by atoms with E-state index in [1.54, 1.807) is 49.6 Å². The van der Waals surface area contributed by atoms with Gasteiger partial charge in [0.2, 0.25) is 11.8 Å². The predicted octanol–water partition coefficient (Wildman–Crippen LogP) is 5.57. The van der Waals surface area contributed by atoms with Crippen molar-refractivity contribution in [2.24, 2.45) is 0 Å². The van der Waals surface area contributed by atoms with Gasteiger partial charge < -0.3 is 15.0 Å². The van der Waals surface area contributed by atoms with Gasteiger partial charge in [0.25, 0.3) is 10.0 Å². The van der Waals surface area contributed by atoms with Gasteiger partial charge in [0.15, 0.2) is 0 Å². The molecule has 2 amide bonds. The van der Waals surface area contributed by atoms with Gasteiger partial charge in [0.1, 0.15) is 18.3 Å². The van der Waals surface area contributed by atoms with Gasteiger partial charge >= 0.3 is 0 Å². The van der Waals surface area contributed by atoms with Gasteiger partial charge in [-0.3, -0.25) is 13.9 Å². The van der Waals surface area contributed by atoms with Crippen molar-refractivity contribution in [3.8, 4) is 5.75 Å². The highest BCUT2D eigenvalue weighted by atomic mass is 35.5. The minimum absolute atomic E-state index is 0.0371. The van der Waals surface area contributed by atoms with Gasteiger partial charge in [-0.2, -0.15) is 0 Å². The van der Waals surface area contributed by atoms with Crippen LogP contribution in [-0.4, -0.2) is 50.4 Å². The second-order valence-corrected chi connectivity index (χ2v) is 13.1. The molecule has 0 saturated carbocycles. The number of halogens is 1. The van der Waals surface area contributed by atoms with Crippen molar-refractivity contribution >= 4 is 39.1 Å². The zero-order valence-corrected chi connectivity index (χ0v) is 25.9. The van der Waals surface area contributed by atoms with E-state index in [0.717, 1.165) is 15.4 Å². The van der Waals surface area contributed by atoms with E-state index < -0.39 is 34.1 Å². The Morgan fingerprint density at radius 1 is 1.00 bits per heavy atom. The maximum Gasteiger partial charge on any atom is 0.264 e. The van der Waals surface area contributed by atoms with Crippen LogP contribution < -0.4 is 14.4 Å². The van der Waals surface area contributed by atoms with Crippen LogP contribution in [0.15, 0.2) is 77.7 Å². The van der Waals surface area contributed by atoms with Crippen molar-refractivity contribution in [1.29, 1.82) is 0 Å². The number of anilines is 1. The predicted molar refractivity (Wildman–Crippen MR) is 163 cm³/mol. The summed E-state index contributed by atoms with van der Waals surface area (Å²) in [6, 6.07) is 19.1. The van der Waals surface area contributed by atoms with E-state index in [2.05, 4.69) is 5.32 Å². The minimum atomic E-state index is -4.17. The number of carbonyl (C=O) groups excluding carboxylic acids is 2. The highest BCUT2D eigenvalue weighted by Gasteiger charge is 2.34. The van der Waals surface area contributed by atoms with Crippen LogP contribution in [0.25, 0.3) is 0 Å². The molecule has 0 bridgehead atoms. The first-order chi connectivity index (χ1) is 19.2. The summed E-state index contributed by atoms with van der Waals surface area (Å²) < 4.78 is 34.1. The molecule has 0 spiro atoms. The molecule has 1 unspecified atom stereocenters. The third-order valence-electron chi connectivity index (χ3n) is 6.38. The van der Waals surface area contributed by atoms with E-state index in [-0.39, 0.29) is 23.0 Å². The molecule has 3 aromatic rings. The summed E-state index contributed by atoms with van der Waals surface area (Å²) in [5.74, 6) is -0.203. The van der Waals surface area contributed by atoms with E-state index >= 15 is 0 Å². The first-order valence-corrected chi connectivity index (χ1v) is 15.2. The number of sulfonamides is 1. The molecule has 3 aromatic carbocycles. The van der Waals surface area contributed by atoms with Crippen LogP contribution in [0.3, 0.4) is 0 Å². The number of ether oxygens (including phenoxy) is 1. The Kier molecular flexibility index (Phi) is 10.4. The van der Waals surface area contributed by atoms with Crippen LogP contribution in [0.2, 0.25) is 5.02 Å². The Morgan fingerprint density at radius 3 is 2.17 bits per heavy atom. The molecule has 3 rings (SSSR count). The summed E-state index contributed by atoms with van der Waals surface area (Å²) in [5, 5.41) is 3.29. The number of hydrogen-bond acceptors (Lipinski definition) is 5. The monoisotopic (exact) mass is 599 g/mol. The summed E-state index contributed by atoms with van der Waals surface area (Å²) >= 11 is 6.23. The highest BCUT2D eigenvalue weighted by Crippen LogP contribution is 2.27. The normalized spacial score (nSPS) is 12.4. The molecule has 0 heterocycles. The fraction of sp³-hybridized carbons (Fsp3) is 0.355. The van der Waals surface area contributed by atoms with E-state index in [1.165, 1.54) is 23.1 Å². The molecule has 1 atom stereocenters. The zero-order valence-electron chi connectivity index (χ0n) is 24.3. The molecule has 0 radical (unpaired) electrons. The molecular formula is C31H38ClN3O5S. The first kappa shape index (κ1) is 32.0. The Hall–Kier alpha value is -3.56. The minimum Gasteiger partial charge on any atom is -0.497 e. The van der Waals surface area contributed by atoms with Crippen LogP contribution in [0.1, 0.15) is 45.2 Å². The van der Waals surface area contributed by atoms with Crippen LogP contribution >= 0.6 is 11.6 Å². The number of hydrogen-bond donors (Lipinski definition) is 1. The smallest absolute Gasteiger partial charge is 0.264 e. The number of nitrogens with zero attached hydrogens (tertiary/aromatic N) is 2. The summed E-state index contributed by atoms with van der Waals surface area (Å²) in [4.78, 5) is 29.0. The Morgan fingerprint density at radius 2 is 1.63 bits per heavy atom. The average Bonchev–Trinajstić information content (AvgIpc) is 2.91. The molecule has 0 aromatic heterocycles. The number of methoxy groups -OCH3 is 1. The average molecular weight is 600 g/mol. The summed E-state index contributed by atoms with van der Waals surface area (Å²) in [7, 11) is -2.61. The second-order valence-electron chi connectivity index (χ2n) is 10.8. The fourth-order valence-electron chi connectivity index (χ4n) is 4.30. The van der Waals surface area contributed by atoms with Gasteiger partial charge in [-0.15, -0.1) is 0 Å². The number of amides is 2. The molecule has 0 saturated heterocycles. The van der Waals surface area contributed by atoms with Crippen molar-refractivity contribution in [3.63, 3.8) is 0 Å². The van der Waals surface area contributed by atoms with Crippen LogP contribution in [-0.2, 0) is 26.2 Å². The quantitative estimate of drug-likeness (QED) is 0.311. The molecule has 0 aliphatic rings. The van der Waals surface area contributed by atoms with Crippen molar-refractivity contribution in [3.05, 3.63) is 88.9 Å². The highest BCUT2D eigenvalue weighted by molar-refractivity contribution is 7.92. The lowest BCUT2D eigenvalue weighted by molar-refractivity contribution is -0.141. The van der Waals surface area contributed by atoms with Gasteiger partial charge in [-0.25, -0.2) is 8.42 Å². The third-order valence-corrected chi connectivity index (χ3v) is 8.40. The van der Waals surface area contributed by atoms with Gasteiger partial charge in [-0.05, 0) is 82.1 Å². The molecule has 8 nitrogen and oxygen atoms in total. The zero-order chi connectivity index (χ0) is 30.4. The molecule has 0 aliphatic heterocycles. The topological polar surface area (TPSA) is 96.0 Å². The third kappa shape index (κ3) is 8.47. The number of nitrogens with one attached hydrogen (secondary N) is 1. The first-order valence-electron chi connectivity index (χ1n) is 13.3. The van der Waals surface area contributed by atoms with Gasteiger partial charge in [0.05, 0.1) is 17.7 Å². The van der Waals surface area contributed by atoms with Crippen molar-refractivity contribution in [2.45, 2.75) is 64.1 Å². The van der Waals surface area contributed by atoms with Gasteiger partial charge in [0, 0.05) is 17.1 Å². The van der Waals surface area contributed by atoms with E-state index in [4.69, 9.17) is 16.3 Å². The lowest BCUT2D eigenvalue weighted by Gasteiger charge is -2.34. The summed E-state index contributed by atoms with van der Waals surface area (Å²) in [6.07, 6.45) is 0.325.